The summed E-state index contributed by atoms with van der Waals surface area (Å²) in [5, 5.41) is 0. The first-order valence-corrected chi connectivity index (χ1v) is 10.8. The van der Waals surface area contributed by atoms with Crippen LogP contribution in [0.25, 0.3) is 0 Å². The van der Waals surface area contributed by atoms with Gasteiger partial charge in [0.25, 0.3) is 0 Å². The van der Waals surface area contributed by atoms with Gasteiger partial charge in [0.1, 0.15) is 36.1 Å². The summed E-state index contributed by atoms with van der Waals surface area (Å²) in [7, 11) is 0. The summed E-state index contributed by atoms with van der Waals surface area (Å²) in [6, 6.07) is 0. The Morgan fingerprint density at radius 1 is 1.17 bits per heavy atom. The van der Waals surface area contributed by atoms with Gasteiger partial charge in [-0.2, -0.15) is 0 Å². The summed E-state index contributed by atoms with van der Waals surface area (Å²) < 4.78 is 30.5. The summed E-state index contributed by atoms with van der Waals surface area (Å²) in [4.78, 5) is 25.0. The molecule has 6 aliphatic rings. The fraction of sp³-hybridized carbons (Fsp3) is 0.818. The van der Waals surface area contributed by atoms with Crippen molar-refractivity contribution < 1.29 is 33.3 Å². The molecule has 0 amide bonds. The number of ether oxygens (including phenoxy) is 5. The molecule has 0 radical (unpaired) electrons. The van der Waals surface area contributed by atoms with Crippen LogP contribution >= 0.6 is 0 Å². The van der Waals surface area contributed by atoms with Crippen molar-refractivity contribution in [1.29, 1.82) is 0 Å². The number of carbonyl (C=O) groups is 2. The van der Waals surface area contributed by atoms with Gasteiger partial charge in [0.15, 0.2) is 0 Å². The fourth-order valence-corrected chi connectivity index (χ4v) is 7.74. The van der Waals surface area contributed by atoms with E-state index in [2.05, 4.69) is 0 Å². The molecule has 7 heteroatoms. The van der Waals surface area contributed by atoms with Crippen molar-refractivity contribution in [2.24, 2.45) is 16.7 Å². The van der Waals surface area contributed by atoms with Crippen molar-refractivity contribution in [3.05, 3.63) is 12.3 Å². The minimum absolute atomic E-state index is 0.134. The molecule has 0 unspecified atom stereocenters. The molecule has 3 spiro atoms. The number of carbonyl (C=O) groups excluding carboxylic acids is 2. The molecule has 0 aromatic rings. The van der Waals surface area contributed by atoms with Crippen LogP contribution < -0.4 is 0 Å². The molecular weight excluding hydrogens is 376 g/mol. The predicted molar refractivity (Wildman–Crippen MR) is 98.6 cm³/mol. The van der Waals surface area contributed by atoms with Crippen LogP contribution in [0.5, 0.6) is 0 Å². The van der Waals surface area contributed by atoms with E-state index in [1.54, 1.807) is 6.26 Å². The molecule has 0 aromatic heterocycles. The molecule has 158 valence electrons. The minimum atomic E-state index is -0.679. The number of rotatable bonds is 1. The molecule has 0 aromatic carbocycles. The van der Waals surface area contributed by atoms with Gasteiger partial charge in [-0.15, -0.1) is 0 Å². The summed E-state index contributed by atoms with van der Waals surface area (Å²) in [6.07, 6.45) is 8.19. The van der Waals surface area contributed by atoms with Crippen LogP contribution in [0.4, 0.5) is 0 Å². The van der Waals surface area contributed by atoms with Crippen LogP contribution in [0, 0.1) is 16.7 Å². The highest BCUT2D eigenvalue weighted by Gasteiger charge is 2.84. The third-order valence-electron chi connectivity index (χ3n) is 8.85. The van der Waals surface area contributed by atoms with Crippen molar-refractivity contribution in [2.75, 3.05) is 19.8 Å². The van der Waals surface area contributed by atoms with Crippen LogP contribution in [0.3, 0.4) is 0 Å². The van der Waals surface area contributed by atoms with Crippen LogP contribution in [-0.2, 0) is 33.3 Å². The van der Waals surface area contributed by atoms with E-state index >= 15 is 0 Å². The smallest absolute Gasteiger partial charge is 0.312 e. The lowest BCUT2D eigenvalue weighted by Gasteiger charge is -2.67. The Morgan fingerprint density at radius 2 is 2.00 bits per heavy atom. The molecule has 6 rings (SSSR count). The van der Waals surface area contributed by atoms with E-state index in [1.807, 2.05) is 13.0 Å². The quantitative estimate of drug-likeness (QED) is 0.490. The zero-order chi connectivity index (χ0) is 20.1. The van der Waals surface area contributed by atoms with Gasteiger partial charge < -0.3 is 23.7 Å². The molecule has 2 aliphatic carbocycles. The molecule has 2 saturated carbocycles. The highest BCUT2D eigenvalue weighted by atomic mass is 16.7. The van der Waals surface area contributed by atoms with Gasteiger partial charge in [0.2, 0.25) is 0 Å². The SMILES string of the molecule is CC(=O)O[C@@H]1C[C@@]2(CO2)[C@]2(CC[C@]3(C=COC3)O2)[C@]23CCC[C@](C)(C(=O)OC2)[C@H]13. The minimum Gasteiger partial charge on any atom is -0.498 e. The van der Waals surface area contributed by atoms with Crippen molar-refractivity contribution in [3.8, 4) is 0 Å². The Bertz CT molecular complexity index is 818. The standard InChI is InChI=1S/C22H28O7/c1-14(23)28-15-10-21(13-27-21)22(7-6-19(29-22)8-9-25-11-19)20-5-3-4-18(2,16(15)20)17(24)26-12-20/h8-9,15-16H,3-7,10-13H2,1-2H3/t15-,16+,18+,19-,20-,21-,22+/m1/s1. The van der Waals surface area contributed by atoms with E-state index in [4.69, 9.17) is 23.7 Å². The molecule has 2 bridgehead atoms. The average molecular weight is 404 g/mol. The Balaban J connectivity index is 1.52. The maximum absolute atomic E-state index is 13.0. The lowest BCUT2D eigenvalue weighted by atomic mass is 9.41. The van der Waals surface area contributed by atoms with E-state index < -0.39 is 27.6 Å². The number of epoxide rings is 1. The number of esters is 2. The van der Waals surface area contributed by atoms with Gasteiger partial charge >= 0.3 is 11.9 Å². The monoisotopic (exact) mass is 404 g/mol. The molecular formula is C22H28O7. The third kappa shape index (κ3) is 2.01. The van der Waals surface area contributed by atoms with Crippen LogP contribution in [-0.4, -0.2) is 54.7 Å². The van der Waals surface area contributed by atoms with Crippen molar-refractivity contribution in [3.63, 3.8) is 0 Å². The largest absolute Gasteiger partial charge is 0.498 e. The van der Waals surface area contributed by atoms with E-state index in [1.165, 1.54) is 6.92 Å². The first-order valence-electron chi connectivity index (χ1n) is 10.8. The highest BCUT2D eigenvalue weighted by Crippen LogP contribution is 2.74. The van der Waals surface area contributed by atoms with Crippen LogP contribution in [0.15, 0.2) is 12.3 Å². The predicted octanol–water partition coefficient (Wildman–Crippen LogP) is 2.27. The second-order valence-corrected chi connectivity index (χ2v) is 10.2. The maximum Gasteiger partial charge on any atom is 0.312 e. The Kier molecular flexibility index (Phi) is 3.36. The van der Waals surface area contributed by atoms with Gasteiger partial charge in [0.05, 0.1) is 18.3 Å². The van der Waals surface area contributed by atoms with Crippen molar-refractivity contribution in [2.45, 2.75) is 75.3 Å². The number of fused-ring (bicyclic) bond motifs is 1. The van der Waals surface area contributed by atoms with Gasteiger partial charge in [-0.3, -0.25) is 9.59 Å². The van der Waals surface area contributed by atoms with Gasteiger partial charge in [-0.1, -0.05) is 6.42 Å². The summed E-state index contributed by atoms with van der Waals surface area (Å²) in [6.45, 7) is 4.83. The average Bonchev–Trinajstić information content (AvgIpc) is 3.13. The highest BCUT2D eigenvalue weighted by molar-refractivity contribution is 5.79. The van der Waals surface area contributed by atoms with E-state index in [9.17, 15) is 9.59 Å². The molecule has 4 heterocycles. The van der Waals surface area contributed by atoms with Gasteiger partial charge in [-0.25, -0.2) is 0 Å². The fourth-order valence-electron chi connectivity index (χ4n) is 7.74. The van der Waals surface area contributed by atoms with Crippen LogP contribution in [0.2, 0.25) is 0 Å². The number of hydrogen-bond donors (Lipinski definition) is 0. The molecule has 0 N–H and O–H groups in total. The van der Waals surface area contributed by atoms with Crippen molar-refractivity contribution >= 4 is 11.9 Å². The Morgan fingerprint density at radius 3 is 2.69 bits per heavy atom. The zero-order valence-corrected chi connectivity index (χ0v) is 17.0. The lowest BCUT2D eigenvalue weighted by Crippen LogP contribution is -2.76. The van der Waals surface area contributed by atoms with E-state index in [-0.39, 0.29) is 24.0 Å². The molecule has 4 aliphatic heterocycles. The molecule has 3 saturated heterocycles. The summed E-state index contributed by atoms with van der Waals surface area (Å²) in [5.41, 5.74) is -2.61. The van der Waals surface area contributed by atoms with Gasteiger partial charge in [0, 0.05) is 24.7 Å². The van der Waals surface area contributed by atoms with Gasteiger partial charge in [-0.05, 0) is 38.7 Å². The number of hydrogen-bond acceptors (Lipinski definition) is 7. The van der Waals surface area contributed by atoms with E-state index in [0.717, 1.165) is 32.1 Å². The molecule has 5 fully saturated rings. The Hall–Kier alpha value is -1.60. The van der Waals surface area contributed by atoms with Crippen LogP contribution in [0.1, 0.15) is 52.4 Å². The normalized spacial score (nSPS) is 54.3. The van der Waals surface area contributed by atoms with E-state index in [0.29, 0.717) is 26.2 Å². The molecule has 7 nitrogen and oxygen atoms in total. The maximum atomic E-state index is 13.0. The first kappa shape index (κ1) is 18.2. The second kappa shape index (κ2) is 5.35. The summed E-state index contributed by atoms with van der Waals surface area (Å²) in [5.74, 6) is -0.617. The Labute approximate surface area is 170 Å². The molecule has 29 heavy (non-hydrogen) atoms. The molecule has 7 atom stereocenters. The number of cyclic esters (lactones) is 1. The topological polar surface area (TPSA) is 83.6 Å². The summed E-state index contributed by atoms with van der Waals surface area (Å²) >= 11 is 0. The zero-order valence-electron chi connectivity index (χ0n) is 17.0. The third-order valence-corrected chi connectivity index (χ3v) is 8.85. The second-order valence-electron chi connectivity index (χ2n) is 10.2. The first-order chi connectivity index (χ1) is 13.8. The van der Waals surface area contributed by atoms with Crippen molar-refractivity contribution in [1.82, 2.24) is 0 Å². The lowest BCUT2D eigenvalue weighted by molar-refractivity contribution is -0.308.